The monoisotopic (exact) mass is 311 g/mol. The van der Waals surface area contributed by atoms with Crippen LogP contribution in [0.5, 0.6) is 0 Å². The van der Waals surface area contributed by atoms with Gasteiger partial charge in [-0.1, -0.05) is 11.6 Å². The van der Waals surface area contributed by atoms with Crippen molar-refractivity contribution in [2.75, 3.05) is 12.3 Å². The summed E-state index contributed by atoms with van der Waals surface area (Å²) in [6.07, 6.45) is 0. The molecule has 2 N–H and O–H groups in total. The van der Waals surface area contributed by atoms with Gasteiger partial charge in [0.1, 0.15) is 5.56 Å². The van der Waals surface area contributed by atoms with E-state index in [4.69, 9.17) is 26.5 Å². The number of carbonyl (C=O) groups excluding carboxylic acids is 1. The van der Waals surface area contributed by atoms with Crippen molar-refractivity contribution in [2.24, 2.45) is 0 Å². The van der Waals surface area contributed by atoms with Gasteiger partial charge in [-0.25, -0.2) is 4.79 Å². The number of nitrogens with zero attached hydrogens (tertiary/aromatic N) is 2. The van der Waals surface area contributed by atoms with Gasteiger partial charge in [-0.3, -0.25) is 10.1 Å². The van der Waals surface area contributed by atoms with Gasteiger partial charge in [0.25, 0.3) is 5.69 Å². The lowest BCUT2D eigenvalue weighted by Gasteiger charge is -1.99. The van der Waals surface area contributed by atoms with E-state index in [1.165, 1.54) is 12.1 Å². The first-order valence-electron chi connectivity index (χ1n) is 5.81. The Kier molecular flexibility index (Phi) is 4.08. The number of hydrogen-bond donors (Lipinski definition) is 1. The second-order valence-corrected chi connectivity index (χ2v) is 4.31. The summed E-state index contributed by atoms with van der Waals surface area (Å²) < 4.78 is 9.88. The fourth-order valence-electron chi connectivity index (χ4n) is 1.63. The molecule has 0 saturated heterocycles. The Hall–Kier alpha value is -2.61. The number of rotatable bonds is 4. The number of carbonyl (C=O) groups is 1. The first-order chi connectivity index (χ1) is 9.93. The maximum Gasteiger partial charge on any atom is 0.362 e. The van der Waals surface area contributed by atoms with Crippen LogP contribution in [0.3, 0.4) is 0 Å². The quantitative estimate of drug-likeness (QED) is 0.523. The highest BCUT2D eigenvalue weighted by molar-refractivity contribution is 6.30. The highest BCUT2D eigenvalue weighted by atomic mass is 35.5. The molecule has 0 fully saturated rings. The zero-order chi connectivity index (χ0) is 15.6. The minimum Gasteiger partial charge on any atom is -0.461 e. The van der Waals surface area contributed by atoms with E-state index in [1.54, 1.807) is 6.92 Å². The van der Waals surface area contributed by atoms with E-state index in [-0.39, 0.29) is 40.3 Å². The summed E-state index contributed by atoms with van der Waals surface area (Å²) in [7, 11) is 0. The predicted octanol–water partition coefficient (Wildman–Crippen LogP) is 2.66. The van der Waals surface area contributed by atoms with Crippen LogP contribution in [0.15, 0.2) is 22.6 Å². The zero-order valence-electron chi connectivity index (χ0n) is 10.8. The van der Waals surface area contributed by atoms with Crippen LogP contribution in [-0.2, 0) is 4.74 Å². The van der Waals surface area contributed by atoms with E-state index in [2.05, 4.69) is 4.98 Å². The molecule has 0 aliphatic carbocycles. The minimum atomic E-state index is -0.762. The van der Waals surface area contributed by atoms with Crippen LogP contribution < -0.4 is 5.73 Å². The van der Waals surface area contributed by atoms with E-state index >= 15 is 0 Å². The molecular formula is C12H10ClN3O5. The summed E-state index contributed by atoms with van der Waals surface area (Å²) in [4.78, 5) is 25.9. The molecule has 1 aromatic heterocycles. The first-order valence-corrected chi connectivity index (χ1v) is 6.19. The lowest BCUT2D eigenvalue weighted by molar-refractivity contribution is -0.384. The molecule has 110 valence electrons. The Morgan fingerprint density at radius 2 is 2.29 bits per heavy atom. The molecule has 21 heavy (non-hydrogen) atoms. The molecule has 0 spiro atoms. The highest BCUT2D eigenvalue weighted by Crippen LogP contribution is 2.33. The van der Waals surface area contributed by atoms with Gasteiger partial charge in [-0.15, -0.1) is 0 Å². The molecule has 0 aliphatic heterocycles. The van der Waals surface area contributed by atoms with Crippen LogP contribution in [-0.4, -0.2) is 22.5 Å². The molecule has 2 rings (SSSR count). The molecule has 0 radical (unpaired) electrons. The number of hydrogen-bond acceptors (Lipinski definition) is 7. The fraction of sp³-hybridized carbons (Fsp3) is 0.167. The van der Waals surface area contributed by atoms with Crippen LogP contribution in [0.2, 0.25) is 5.02 Å². The van der Waals surface area contributed by atoms with Crippen molar-refractivity contribution >= 4 is 29.1 Å². The van der Waals surface area contributed by atoms with Crippen molar-refractivity contribution in [1.29, 1.82) is 0 Å². The molecule has 0 atom stereocenters. The summed E-state index contributed by atoms with van der Waals surface area (Å²) in [5.74, 6) is -1.19. The Bertz CT molecular complexity index is 713. The number of aromatic nitrogens is 1. The number of esters is 1. The Morgan fingerprint density at radius 3 is 2.90 bits per heavy atom. The van der Waals surface area contributed by atoms with Crippen LogP contribution in [0.1, 0.15) is 17.4 Å². The molecule has 0 amide bonds. The van der Waals surface area contributed by atoms with Crippen molar-refractivity contribution in [2.45, 2.75) is 6.92 Å². The number of benzene rings is 1. The third-order valence-corrected chi connectivity index (χ3v) is 2.74. The maximum absolute atomic E-state index is 11.6. The number of halogens is 1. The Morgan fingerprint density at radius 1 is 1.57 bits per heavy atom. The van der Waals surface area contributed by atoms with Crippen molar-refractivity contribution in [3.8, 4) is 11.5 Å². The largest absolute Gasteiger partial charge is 0.461 e. The van der Waals surface area contributed by atoms with Crippen molar-refractivity contribution < 1.29 is 18.9 Å². The maximum atomic E-state index is 11.6. The van der Waals surface area contributed by atoms with E-state index in [0.717, 1.165) is 6.07 Å². The highest BCUT2D eigenvalue weighted by Gasteiger charge is 2.25. The van der Waals surface area contributed by atoms with Crippen molar-refractivity contribution in [3.63, 3.8) is 0 Å². The van der Waals surface area contributed by atoms with Crippen LogP contribution in [0, 0.1) is 10.1 Å². The standard InChI is InChI=1S/C12H10ClN3O5/c1-2-20-12(17)9-10(14)21-11(15-9)7-4-3-6(13)5-8(7)16(18)19/h3-5H,2,14H2,1H3. The first kappa shape index (κ1) is 14.8. The van der Waals surface area contributed by atoms with Gasteiger partial charge < -0.3 is 14.9 Å². The number of oxazole rings is 1. The van der Waals surface area contributed by atoms with Crippen molar-refractivity contribution in [3.05, 3.63) is 39.0 Å². The number of anilines is 1. The predicted molar refractivity (Wildman–Crippen MR) is 74.0 cm³/mol. The third kappa shape index (κ3) is 2.95. The fourth-order valence-corrected chi connectivity index (χ4v) is 1.80. The normalized spacial score (nSPS) is 10.4. The van der Waals surface area contributed by atoms with E-state index in [9.17, 15) is 14.9 Å². The Balaban J connectivity index is 2.51. The van der Waals surface area contributed by atoms with Gasteiger partial charge in [0.15, 0.2) is 0 Å². The van der Waals surface area contributed by atoms with Gasteiger partial charge in [0.2, 0.25) is 17.5 Å². The summed E-state index contributed by atoms with van der Waals surface area (Å²) in [5.41, 5.74) is 5.07. The third-order valence-electron chi connectivity index (χ3n) is 2.51. The number of nitrogens with two attached hydrogens (primary N) is 1. The zero-order valence-corrected chi connectivity index (χ0v) is 11.6. The molecule has 1 heterocycles. The summed E-state index contributed by atoms with van der Waals surface area (Å²) in [6, 6.07) is 3.95. The summed E-state index contributed by atoms with van der Waals surface area (Å²) >= 11 is 5.72. The second-order valence-electron chi connectivity index (χ2n) is 3.87. The topological polar surface area (TPSA) is 121 Å². The lowest BCUT2D eigenvalue weighted by Crippen LogP contribution is -2.07. The smallest absolute Gasteiger partial charge is 0.362 e. The second kappa shape index (κ2) is 5.80. The summed E-state index contributed by atoms with van der Waals surface area (Å²) in [5, 5.41) is 11.2. The number of nitrogen functional groups attached to an aromatic ring is 1. The molecule has 1 aromatic carbocycles. The van der Waals surface area contributed by atoms with Gasteiger partial charge >= 0.3 is 5.97 Å². The molecule has 0 bridgehead atoms. The molecule has 9 heteroatoms. The number of nitro benzene ring substituents is 1. The van der Waals surface area contributed by atoms with Crippen LogP contribution in [0.25, 0.3) is 11.5 Å². The molecule has 2 aromatic rings. The van der Waals surface area contributed by atoms with Gasteiger partial charge in [0, 0.05) is 11.1 Å². The van der Waals surface area contributed by atoms with Gasteiger partial charge in [-0.05, 0) is 19.1 Å². The SMILES string of the molecule is CCOC(=O)c1nc(-c2ccc(Cl)cc2[N+](=O)[O-])oc1N. The van der Waals surface area contributed by atoms with E-state index in [0.29, 0.717) is 0 Å². The van der Waals surface area contributed by atoms with Crippen molar-refractivity contribution in [1.82, 2.24) is 4.98 Å². The molecule has 0 saturated carbocycles. The van der Waals surface area contributed by atoms with Gasteiger partial charge in [0.05, 0.1) is 11.5 Å². The molecular weight excluding hydrogens is 302 g/mol. The number of ether oxygens (including phenoxy) is 1. The average molecular weight is 312 g/mol. The molecule has 0 aliphatic rings. The lowest BCUT2D eigenvalue weighted by atomic mass is 10.2. The van der Waals surface area contributed by atoms with Gasteiger partial charge in [-0.2, -0.15) is 4.98 Å². The molecule has 8 nitrogen and oxygen atoms in total. The van der Waals surface area contributed by atoms with Crippen LogP contribution >= 0.6 is 11.6 Å². The minimum absolute atomic E-state index is 0.0617. The van der Waals surface area contributed by atoms with E-state index in [1.807, 2.05) is 0 Å². The summed E-state index contributed by atoms with van der Waals surface area (Å²) in [6.45, 7) is 1.76. The van der Waals surface area contributed by atoms with E-state index < -0.39 is 10.9 Å². The number of nitro groups is 1. The average Bonchev–Trinajstić information content (AvgIpc) is 2.80. The molecule has 0 unspecified atom stereocenters. The Labute approximate surface area is 123 Å². The van der Waals surface area contributed by atoms with Crippen LogP contribution in [0.4, 0.5) is 11.6 Å².